The van der Waals surface area contributed by atoms with E-state index in [0.717, 1.165) is 11.3 Å². The van der Waals surface area contributed by atoms with Crippen LogP contribution in [-0.4, -0.2) is 30.2 Å². The molecule has 0 unspecified atom stereocenters. The van der Waals surface area contributed by atoms with Crippen LogP contribution in [0.15, 0.2) is 48.5 Å². The van der Waals surface area contributed by atoms with Gasteiger partial charge in [0, 0.05) is 5.69 Å². The Bertz CT molecular complexity index is 723. The minimum absolute atomic E-state index is 0.139. The predicted octanol–water partition coefficient (Wildman–Crippen LogP) is 3.37. The molecule has 0 aromatic heterocycles. The molecule has 0 fully saturated rings. The van der Waals surface area contributed by atoms with Gasteiger partial charge in [-0.15, -0.1) is 0 Å². The third-order valence-electron chi connectivity index (χ3n) is 3.37. The summed E-state index contributed by atoms with van der Waals surface area (Å²) in [6.45, 7) is 4.43. The molecule has 1 amide bonds. The number of amides is 1. The zero-order valence-electron chi connectivity index (χ0n) is 14.9. The number of carboxylic acid groups (broad SMARTS) is 1. The van der Waals surface area contributed by atoms with Crippen molar-refractivity contribution < 1.29 is 24.2 Å². The van der Waals surface area contributed by atoms with E-state index in [0.29, 0.717) is 24.0 Å². The molecule has 2 rings (SSSR count). The van der Waals surface area contributed by atoms with Gasteiger partial charge in [-0.1, -0.05) is 26.0 Å². The molecular weight excluding hydrogens is 334 g/mol. The first-order valence-electron chi connectivity index (χ1n) is 8.38. The van der Waals surface area contributed by atoms with Crippen molar-refractivity contribution in [2.75, 3.05) is 18.5 Å². The van der Waals surface area contributed by atoms with Crippen molar-refractivity contribution in [1.82, 2.24) is 0 Å². The summed E-state index contributed by atoms with van der Waals surface area (Å²) in [7, 11) is 0. The van der Waals surface area contributed by atoms with E-state index in [4.69, 9.17) is 14.6 Å². The van der Waals surface area contributed by atoms with Gasteiger partial charge in [0.05, 0.1) is 13.0 Å². The number of hydrogen-bond donors (Lipinski definition) is 2. The summed E-state index contributed by atoms with van der Waals surface area (Å²) in [6, 6.07) is 14.0. The Labute approximate surface area is 152 Å². The van der Waals surface area contributed by atoms with Crippen molar-refractivity contribution in [3.8, 4) is 11.5 Å². The fraction of sp³-hybridized carbons (Fsp3) is 0.300. The van der Waals surface area contributed by atoms with Crippen LogP contribution in [0.1, 0.15) is 19.4 Å². The lowest BCUT2D eigenvalue weighted by atomic mass is 10.1. The molecule has 6 nitrogen and oxygen atoms in total. The third kappa shape index (κ3) is 6.84. The number of hydrogen-bond acceptors (Lipinski definition) is 4. The number of anilines is 1. The van der Waals surface area contributed by atoms with E-state index < -0.39 is 12.6 Å². The summed E-state index contributed by atoms with van der Waals surface area (Å²) in [4.78, 5) is 22.6. The summed E-state index contributed by atoms with van der Waals surface area (Å²) in [6.07, 6.45) is 0.252. The number of ether oxygens (including phenoxy) is 2. The van der Waals surface area contributed by atoms with E-state index in [9.17, 15) is 9.59 Å². The van der Waals surface area contributed by atoms with Crippen LogP contribution in [0.2, 0.25) is 0 Å². The molecule has 0 aliphatic heterocycles. The topological polar surface area (TPSA) is 84.9 Å². The Hall–Kier alpha value is -3.02. The maximum absolute atomic E-state index is 12.1. The molecule has 0 bridgehead atoms. The van der Waals surface area contributed by atoms with Crippen molar-refractivity contribution in [2.24, 2.45) is 5.92 Å². The van der Waals surface area contributed by atoms with E-state index >= 15 is 0 Å². The highest BCUT2D eigenvalue weighted by atomic mass is 16.5. The largest absolute Gasteiger partial charge is 0.493 e. The first-order chi connectivity index (χ1) is 12.4. The monoisotopic (exact) mass is 357 g/mol. The molecule has 0 saturated carbocycles. The number of carbonyl (C=O) groups excluding carboxylic acids is 1. The van der Waals surface area contributed by atoms with Gasteiger partial charge in [0.2, 0.25) is 5.91 Å². The molecule has 26 heavy (non-hydrogen) atoms. The van der Waals surface area contributed by atoms with E-state index in [2.05, 4.69) is 19.2 Å². The van der Waals surface area contributed by atoms with Gasteiger partial charge >= 0.3 is 5.97 Å². The lowest BCUT2D eigenvalue weighted by Crippen LogP contribution is -2.14. The number of carbonyl (C=O) groups is 2. The van der Waals surface area contributed by atoms with Gasteiger partial charge in [0.1, 0.15) is 11.5 Å². The number of carboxylic acids is 1. The van der Waals surface area contributed by atoms with Gasteiger partial charge in [0.25, 0.3) is 0 Å². The Morgan fingerprint density at radius 3 is 2.12 bits per heavy atom. The first-order valence-corrected chi connectivity index (χ1v) is 8.38. The number of nitrogens with one attached hydrogen (secondary N) is 1. The zero-order chi connectivity index (χ0) is 18.9. The van der Waals surface area contributed by atoms with Gasteiger partial charge in [-0.3, -0.25) is 4.79 Å². The lowest BCUT2D eigenvalue weighted by Gasteiger charge is -2.10. The van der Waals surface area contributed by atoms with E-state index in [1.807, 2.05) is 24.3 Å². The number of aliphatic carboxylic acids is 1. The predicted molar refractivity (Wildman–Crippen MR) is 98.7 cm³/mol. The highest BCUT2D eigenvalue weighted by Crippen LogP contribution is 2.17. The smallest absolute Gasteiger partial charge is 0.341 e. The summed E-state index contributed by atoms with van der Waals surface area (Å²) in [5.74, 6) is 0.506. The molecule has 0 aliphatic carbocycles. The second-order valence-corrected chi connectivity index (χ2v) is 6.28. The van der Waals surface area contributed by atoms with Gasteiger partial charge in [-0.2, -0.15) is 0 Å². The van der Waals surface area contributed by atoms with Gasteiger partial charge in [-0.05, 0) is 47.9 Å². The van der Waals surface area contributed by atoms with Crippen molar-refractivity contribution in [1.29, 1.82) is 0 Å². The minimum atomic E-state index is -1.04. The molecule has 2 aromatic carbocycles. The first kappa shape index (κ1) is 19.3. The maximum Gasteiger partial charge on any atom is 0.341 e. The highest BCUT2D eigenvalue weighted by molar-refractivity contribution is 5.92. The minimum Gasteiger partial charge on any atom is -0.493 e. The van der Waals surface area contributed by atoms with Crippen LogP contribution in [-0.2, 0) is 16.0 Å². The Kier molecular flexibility index (Phi) is 7.02. The molecule has 0 radical (unpaired) electrons. The Morgan fingerprint density at radius 1 is 0.962 bits per heavy atom. The van der Waals surface area contributed by atoms with Crippen LogP contribution in [0.5, 0.6) is 11.5 Å². The summed E-state index contributed by atoms with van der Waals surface area (Å²) in [5.41, 5.74) is 1.51. The van der Waals surface area contributed by atoms with Gasteiger partial charge in [0.15, 0.2) is 6.61 Å². The molecule has 0 heterocycles. The van der Waals surface area contributed by atoms with Crippen LogP contribution in [0.25, 0.3) is 0 Å². The molecular formula is C20H23NO5. The van der Waals surface area contributed by atoms with E-state index in [1.165, 1.54) is 0 Å². The molecule has 0 spiro atoms. The fourth-order valence-electron chi connectivity index (χ4n) is 2.14. The van der Waals surface area contributed by atoms with Crippen LogP contribution >= 0.6 is 0 Å². The molecule has 0 atom stereocenters. The standard InChI is InChI=1S/C20H23NO5/c1-14(2)12-25-17-7-3-15(4-8-17)11-19(22)21-16-5-9-18(10-6-16)26-13-20(23)24/h3-10,14H,11-13H2,1-2H3,(H,21,22)(H,23,24). The average molecular weight is 357 g/mol. The van der Waals surface area contributed by atoms with Gasteiger partial charge < -0.3 is 19.9 Å². The van der Waals surface area contributed by atoms with Gasteiger partial charge in [-0.25, -0.2) is 4.79 Å². The molecule has 0 aliphatic rings. The van der Waals surface area contributed by atoms with E-state index in [1.54, 1.807) is 24.3 Å². The van der Waals surface area contributed by atoms with Crippen LogP contribution in [0.3, 0.4) is 0 Å². The number of rotatable bonds is 9. The summed E-state index contributed by atoms with van der Waals surface area (Å²) < 4.78 is 10.7. The average Bonchev–Trinajstić information content (AvgIpc) is 2.60. The SMILES string of the molecule is CC(C)COc1ccc(CC(=O)Nc2ccc(OCC(=O)O)cc2)cc1. The summed E-state index contributed by atoms with van der Waals surface area (Å²) in [5, 5.41) is 11.4. The Balaban J connectivity index is 1.83. The van der Waals surface area contributed by atoms with Crippen molar-refractivity contribution in [3.05, 3.63) is 54.1 Å². The van der Waals surface area contributed by atoms with E-state index in [-0.39, 0.29) is 12.3 Å². The highest BCUT2D eigenvalue weighted by Gasteiger charge is 2.06. The van der Waals surface area contributed by atoms with Crippen molar-refractivity contribution in [2.45, 2.75) is 20.3 Å². The zero-order valence-corrected chi connectivity index (χ0v) is 14.9. The quantitative estimate of drug-likeness (QED) is 0.719. The maximum atomic E-state index is 12.1. The van der Waals surface area contributed by atoms with Crippen LogP contribution in [0, 0.1) is 5.92 Å². The second-order valence-electron chi connectivity index (χ2n) is 6.28. The molecule has 6 heteroatoms. The summed E-state index contributed by atoms with van der Waals surface area (Å²) >= 11 is 0. The van der Waals surface area contributed by atoms with Crippen LogP contribution in [0.4, 0.5) is 5.69 Å². The Morgan fingerprint density at radius 2 is 1.54 bits per heavy atom. The van der Waals surface area contributed by atoms with Crippen LogP contribution < -0.4 is 14.8 Å². The third-order valence-corrected chi connectivity index (χ3v) is 3.37. The molecule has 0 saturated heterocycles. The molecule has 2 N–H and O–H groups in total. The fourth-order valence-corrected chi connectivity index (χ4v) is 2.14. The lowest BCUT2D eigenvalue weighted by molar-refractivity contribution is -0.139. The molecule has 138 valence electrons. The number of benzene rings is 2. The second kappa shape index (κ2) is 9.46. The van der Waals surface area contributed by atoms with Crippen molar-refractivity contribution in [3.63, 3.8) is 0 Å². The molecule has 2 aromatic rings. The van der Waals surface area contributed by atoms with Crippen molar-refractivity contribution >= 4 is 17.6 Å². The normalized spacial score (nSPS) is 10.4.